The molecule has 3 N–H and O–H groups in total. The van der Waals surface area contributed by atoms with Crippen LogP contribution in [0.1, 0.15) is 33.3 Å². The molecule has 0 unspecified atom stereocenters. The zero-order chi connectivity index (χ0) is 24.7. The van der Waals surface area contributed by atoms with Gasteiger partial charge in [0, 0.05) is 18.3 Å². The maximum atomic E-state index is 13.5. The molecule has 3 rings (SSSR count). The number of para-hydroxylation sites is 1. The summed E-state index contributed by atoms with van der Waals surface area (Å²) in [5.74, 6) is -0.969. The number of carbonyl (C=O) groups is 2. The average molecular weight is 476 g/mol. The summed E-state index contributed by atoms with van der Waals surface area (Å²) < 4.78 is 46.8. The number of alkyl halides is 3. The van der Waals surface area contributed by atoms with Crippen LogP contribution < -0.4 is 15.4 Å². The van der Waals surface area contributed by atoms with Crippen LogP contribution in [0.5, 0.6) is 5.75 Å². The molecule has 3 aromatic rings. The Hall–Kier alpha value is -3.86. The third-order valence-corrected chi connectivity index (χ3v) is 4.74. The second-order valence-corrected chi connectivity index (χ2v) is 7.19. The molecule has 1 atom stereocenters. The first-order chi connectivity index (χ1) is 16.2. The Morgan fingerprint density at radius 2 is 1.76 bits per heavy atom. The number of amides is 2. The fourth-order valence-corrected chi connectivity index (χ4v) is 3.07. The van der Waals surface area contributed by atoms with Crippen molar-refractivity contribution in [1.82, 2.24) is 20.4 Å². The molecule has 34 heavy (non-hydrogen) atoms. The molecule has 0 saturated carbocycles. The van der Waals surface area contributed by atoms with Gasteiger partial charge in [-0.2, -0.15) is 18.3 Å². The summed E-state index contributed by atoms with van der Waals surface area (Å²) in [5.41, 5.74) is -1.40. The molecule has 0 aliphatic heterocycles. The van der Waals surface area contributed by atoms with E-state index in [9.17, 15) is 27.9 Å². The van der Waals surface area contributed by atoms with Crippen LogP contribution >= 0.6 is 0 Å². The van der Waals surface area contributed by atoms with Crippen molar-refractivity contribution in [3.05, 3.63) is 77.6 Å². The van der Waals surface area contributed by atoms with Crippen molar-refractivity contribution in [3.8, 4) is 11.4 Å². The van der Waals surface area contributed by atoms with Crippen molar-refractivity contribution in [2.45, 2.75) is 19.1 Å². The smallest absolute Gasteiger partial charge is 0.435 e. The molecule has 2 amide bonds. The molecule has 0 saturated heterocycles. The molecule has 0 radical (unpaired) electrons. The standard InChI is InChI=1S/C23H23F3N4O4/c1-2-34-18-10-8-15(9-11-18)21(32)27-12-16(14-31)28-22(33)19-13-30(17-6-4-3-5-7-17)29-20(19)23(24,25)26/h3-11,13,16,31H,2,12,14H2,1H3,(H,27,32)(H,28,33)/t16-/m0/s1. The molecular weight excluding hydrogens is 453 g/mol. The van der Waals surface area contributed by atoms with Crippen LogP contribution in [0.15, 0.2) is 60.8 Å². The second-order valence-electron chi connectivity index (χ2n) is 7.19. The SMILES string of the molecule is CCOc1ccc(C(=O)NC[C@@H](CO)NC(=O)c2cn(-c3ccccc3)nc2C(F)(F)F)cc1. The zero-order valence-corrected chi connectivity index (χ0v) is 18.2. The monoisotopic (exact) mass is 476 g/mol. The first kappa shape index (κ1) is 24.8. The summed E-state index contributed by atoms with van der Waals surface area (Å²) in [4.78, 5) is 25.0. The Labute approximate surface area is 193 Å². The van der Waals surface area contributed by atoms with E-state index >= 15 is 0 Å². The molecule has 0 spiro atoms. The van der Waals surface area contributed by atoms with Crippen molar-refractivity contribution in [1.29, 1.82) is 0 Å². The predicted molar refractivity (Wildman–Crippen MR) is 117 cm³/mol. The quantitative estimate of drug-likeness (QED) is 0.441. The van der Waals surface area contributed by atoms with Crippen molar-refractivity contribution in [3.63, 3.8) is 0 Å². The molecule has 1 aromatic heterocycles. The van der Waals surface area contributed by atoms with Gasteiger partial charge in [-0.15, -0.1) is 0 Å². The lowest BCUT2D eigenvalue weighted by Gasteiger charge is -2.17. The maximum Gasteiger partial charge on any atom is 0.435 e. The van der Waals surface area contributed by atoms with E-state index in [1.165, 1.54) is 0 Å². The number of aromatic nitrogens is 2. The van der Waals surface area contributed by atoms with Crippen LogP contribution in [0.25, 0.3) is 5.69 Å². The molecule has 180 valence electrons. The number of hydrogen-bond donors (Lipinski definition) is 3. The van der Waals surface area contributed by atoms with E-state index in [1.807, 2.05) is 6.92 Å². The van der Waals surface area contributed by atoms with Gasteiger partial charge in [-0.3, -0.25) is 9.59 Å². The number of hydrogen-bond acceptors (Lipinski definition) is 5. The Morgan fingerprint density at radius 3 is 2.35 bits per heavy atom. The van der Waals surface area contributed by atoms with E-state index in [-0.39, 0.29) is 6.54 Å². The summed E-state index contributed by atoms with van der Waals surface area (Å²) >= 11 is 0. The van der Waals surface area contributed by atoms with Gasteiger partial charge in [0.05, 0.1) is 30.5 Å². The van der Waals surface area contributed by atoms with Gasteiger partial charge >= 0.3 is 6.18 Å². The molecule has 0 fully saturated rings. The van der Waals surface area contributed by atoms with Crippen LogP contribution in [0.2, 0.25) is 0 Å². The van der Waals surface area contributed by atoms with Crippen LogP contribution in [-0.4, -0.2) is 52.5 Å². The molecular formula is C23H23F3N4O4. The lowest BCUT2D eigenvalue weighted by molar-refractivity contribution is -0.141. The number of rotatable bonds is 9. The number of benzene rings is 2. The highest BCUT2D eigenvalue weighted by Crippen LogP contribution is 2.31. The van der Waals surface area contributed by atoms with E-state index in [4.69, 9.17) is 4.74 Å². The van der Waals surface area contributed by atoms with E-state index < -0.39 is 41.9 Å². The molecule has 0 bridgehead atoms. The maximum absolute atomic E-state index is 13.5. The summed E-state index contributed by atoms with van der Waals surface area (Å²) in [6, 6.07) is 13.3. The largest absolute Gasteiger partial charge is 0.494 e. The minimum absolute atomic E-state index is 0.206. The number of nitrogens with zero attached hydrogens (tertiary/aromatic N) is 2. The predicted octanol–water partition coefficient (Wildman–Crippen LogP) is 2.81. The summed E-state index contributed by atoms with van der Waals surface area (Å²) in [7, 11) is 0. The number of ether oxygens (including phenoxy) is 1. The zero-order valence-electron chi connectivity index (χ0n) is 18.2. The first-order valence-corrected chi connectivity index (χ1v) is 10.4. The summed E-state index contributed by atoms with van der Waals surface area (Å²) in [6.45, 7) is 1.49. The fourth-order valence-electron chi connectivity index (χ4n) is 3.07. The van der Waals surface area contributed by atoms with E-state index in [1.54, 1.807) is 54.6 Å². The Balaban J connectivity index is 1.69. The average Bonchev–Trinajstić information content (AvgIpc) is 3.29. The van der Waals surface area contributed by atoms with Gasteiger partial charge in [0.1, 0.15) is 5.75 Å². The number of carbonyl (C=O) groups excluding carboxylic acids is 2. The van der Waals surface area contributed by atoms with Gasteiger partial charge in [0.2, 0.25) is 0 Å². The van der Waals surface area contributed by atoms with Gasteiger partial charge in [-0.25, -0.2) is 4.68 Å². The van der Waals surface area contributed by atoms with Crippen LogP contribution in [0.4, 0.5) is 13.2 Å². The molecule has 0 aliphatic carbocycles. The molecule has 1 heterocycles. The topological polar surface area (TPSA) is 105 Å². The van der Waals surface area contributed by atoms with Gasteiger partial charge in [0.15, 0.2) is 5.69 Å². The normalized spacial score (nSPS) is 12.1. The number of aliphatic hydroxyl groups excluding tert-OH is 1. The van der Waals surface area contributed by atoms with Crippen LogP contribution in [0, 0.1) is 0 Å². The summed E-state index contributed by atoms with van der Waals surface area (Å²) in [6.07, 6.45) is -3.90. The van der Waals surface area contributed by atoms with Crippen molar-refractivity contribution < 1.29 is 32.6 Å². The van der Waals surface area contributed by atoms with Crippen LogP contribution in [0.3, 0.4) is 0 Å². The van der Waals surface area contributed by atoms with Crippen molar-refractivity contribution in [2.75, 3.05) is 19.8 Å². The van der Waals surface area contributed by atoms with Gasteiger partial charge in [-0.05, 0) is 43.3 Å². The van der Waals surface area contributed by atoms with E-state index in [0.29, 0.717) is 23.6 Å². The number of nitrogens with one attached hydrogen (secondary N) is 2. The van der Waals surface area contributed by atoms with E-state index in [2.05, 4.69) is 15.7 Å². The lowest BCUT2D eigenvalue weighted by atomic mass is 10.2. The first-order valence-electron chi connectivity index (χ1n) is 10.4. The summed E-state index contributed by atoms with van der Waals surface area (Å²) in [5, 5.41) is 18.0. The van der Waals surface area contributed by atoms with Crippen LogP contribution in [-0.2, 0) is 6.18 Å². The third kappa shape index (κ3) is 6.13. The van der Waals surface area contributed by atoms with Crippen molar-refractivity contribution >= 4 is 11.8 Å². The molecule has 11 heteroatoms. The lowest BCUT2D eigenvalue weighted by Crippen LogP contribution is -2.46. The van der Waals surface area contributed by atoms with Gasteiger partial charge in [0.25, 0.3) is 11.8 Å². The highest BCUT2D eigenvalue weighted by atomic mass is 19.4. The minimum atomic E-state index is -4.87. The minimum Gasteiger partial charge on any atom is -0.494 e. The highest BCUT2D eigenvalue weighted by Gasteiger charge is 2.39. The molecule has 8 nitrogen and oxygen atoms in total. The Kier molecular flexibility index (Phi) is 7.90. The van der Waals surface area contributed by atoms with Gasteiger partial charge in [-0.1, -0.05) is 18.2 Å². The second kappa shape index (κ2) is 10.8. The molecule has 2 aromatic carbocycles. The Morgan fingerprint density at radius 1 is 1.09 bits per heavy atom. The fraction of sp³-hybridized carbons (Fsp3) is 0.261. The third-order valence-electron chi connectivity index (χ3n) is 4.74. The van der Waals surface area contributed by atoms with Crippen molar-refractivity contribution in [2.24, 2.45) is 0 Å². The molecule has 0 aliphatic rings. The van der Waals surface area contributed by atoms with E-state index in [0.717, 1.165) is 10.9 Å². The number of halogens is 3. The highest BCUT2D eigenvalue weighted by molar-refractivity contribution is 5.96. The van der Waals surface area contributed by atoms with Gasteiger partial charge < -0.3 is 20.5 Å². The number of aliphatic hydroxyl groups is 1. The Bertz CT molecular complexity index is 1120.